The molecule has 2 unspecified atom stereocenters. The predicted molar refractivity (Wildman–Crippen MR) is 101 cm³/mol. The minimum Gasteiger partial charge on any atom is -0.497 e. The molecule has 142 valence electrons. The van der Waals surface area contributed by atoms with Crippen molar-refractivity contribution in [1.82, 2.24) is 0 Å². The largest absolute Gasteiger partial charge is 0.497 e. The van der Waals surface area contributed by atoms with E-state index in [-0.39, 0.29) is 11.9 Å². The number of carbonyl (C=O) groups excluding carboxylic acids is 2. The molecular weight excluding hydrogens is 346 g/mol. The van der Waals surface area contributed by atoms with Gasteiger partial charge in [-0.3, -0.25) is 9.59 Å². The number of esters is 1. The van der Waals surface area contributed by atoms with E-state index in [4.69, 9.17) is 14.2 Å². The molecule has 1 heterocycles. The number of anilines is 1. The van der Waals surface area contributed by atoms with Crippen molar-refractivity contribution in [2.45, 2.75) is 18.9 Å². The maximum absolute atomic E-state index is 12.8. The Kier molecular flexibility index (Phi) is 5.64. The summed E-state index contributed by atoms with van der Waals surface area (Å²) >= 11 is 0. The Labute approximate surface area is 158 Å². The van der Waals surface area contributed by atoms with Crippen LogP contribution in [-0.2, 0) is 14.3 Å². The molecule has 0 bridgehead atoms. The van der Waals surface area contributed by atoms with Crippen molar-refractivity contribution in [1.29, 1.82) is 0 Å². The molecule has 0 radical (unpaired) electrons. The van der Waals surface area contributed by atoms with E-state index in [9.17, 15) is 9.59 Å². The van der Waals surface area contributed by atoms with Crippen LogP contribution in [0.4, 0.5) is 5.69 Å². The van der Waals surface area contributed by atoms with E-state index in [0.717, 1.165) is 11.3 Å². The van der Waals surface area contributed by atoms with Crippen LogP contribution in [0.15, 0.2) is 48.5 Å². The van der Waals surface area contributed by atoms with Crippen molar-refractivity contribution in [2.24, 2.45) is 5.92 Å². The zero-order valence-electron chi connectivity index (χ0n) is 15.7. The monoisotopic (exact) mass is 369 g/mol. The molecule has 6 nitrogen and oxygen atoms in total. The first kappa shape index (κ1) is 18.8. The van der Waals surface area contributed by atoms with Crippen LogP contribution in [0, 0.1) is 5.92 Å². The van der Waals surface area contributed by atoms with Crippen molar-refractivity contribution in [3.63, 3.8) is 0 Å². The van der Waals surface area contributed by atoms with Crippen LogP contribution in [0.3, 0.4) is 0 Å². The lowest BCUT2D eigenvalue weighted by atomic mass is 9.83. The van der Waals surface area contributed by atoms with Crippen LogP contribution < -0.4 is 14.4 Å². The normalized spacial score (nSPS) is 19.5. The molecular formula is C21H23NO5. The molecule has 0 saturated carbocycles. The van der Waals surface area contributed by atoms with Crippen molar-refractivity contribution in [3.8, 4) is 11.5 Å². The van der Waals surface area contributed by atoms with Gasteiger partial charge in [0.25, 0.3) is 0 Å². The van der Waals surface area contributed by atoms with Gasteiger partial charge in [-0.1, -0.05) is 12.1 Å². The van der Waals surface area contributed by atoms with Gasteiger partial charge in [-0.25, -0.2) is 0 Å². The molecule has 0 aliphatic carbocycles. The number of piperidine rings is 1. The minimum atomic E-state index is -0.446. The third kappa shape index (κ3) is 3.74. The third-order valence-corrected chi connectivity index (χ3v) is 4.91. The molecule has 1 fully saturated rings. The molecule has 0 N–H and O–H groups in total. The SMILES string of the molecule is COC(=O)C1CCC(=O)N(c2ccc(OC)cc2)C1c1ccc(OC)cc1. The van der Waals surface area contributed by atoms with Crippen LogP contribution in [0.2, 0.25) is 0 Å². The molecule has 0 spiro atoms. The summed E-state index contributed by atoms with van der Waals surface area (Å²) in [5.74, 6) is 0.631. The van der Waals surface area contributed by atoms with E-state index in [1.54, 1.807) is 31.3 Å². The average Bonchev–Trinajstić information content (AvgIpc) is 2.73. The fourth-order valence-corrected chi connectivity index (χ4v) is 3.52. The molecule has 6 heteroatoms. The highest BCUT2D eigenvalue weighted by molar-refractivity contribution is 5.97. The number of hydrogen-bond acceptors (Lipinski definition) is 5. The molecule has 1 saturated heterocycles. The molecule has 0 aromatic heterocycles. The molecule has 1 aliphatic heterocycles. The molecule has 27 heavy (non-hydrogen) atoms. The van der Waals surface area contributed by atoms with E-state index in [1.807, 2.05) is 36.4 Å². The standard InChI is InChI=1S/C21H23NO5/c1-25-16-8-4-14(5-9-16)20-18(21(24)27-3)12-13-19(23)22(20)15-6-10-17(26-2)11-7-15/h4-11,18,20H,12-13H2,1-3H3. The Hall–Kier alpha value is -3.02. The zero-order valence-corrected chi connectivity index (χ0v) is 15.7. The maximum atomic E-state index is 12.8. The number of amides is 1. The summed E-state index contributed by atoms with van der Waals surface area (Å²) in [4.78, 5) is 27.0. The van der Waals surface area contributed by atoms with E-state index < -0.39 is 12.0 Å². The summed E-state index contributed by atoms with van der Waals surface area (Å²) in [6, 6.07) is 14.2. The first-order chi connectivity index (χ1) is 13.1. The van der Waals surface area contributed by atoms with Gasteiger partial charge in [-0.2, -0.15) is 0 Å². The lowest BCUT2D eigenvalue weighted by molar-refractivity contribution is -0.147. The molecule has 2 aromatic rings. The van der Waals surface area contributed by atoms with E-state index in [2.05, 4.69) is 0 Å². The number of carbonyl (C=O) groups is 2. The number of ether oxygens (including phenoxy) is 3. The van der Waals surface area contributed by atoms with Crippen LogP contribution in [0.5, 0.6) is 11.5 Å². The van der Waals surface area contributed by atoms with Gasteiger partial charge in [0.1, 0.15) is 11.5 Å². The topological polar surface area (TPSA) is 65.1 Å². The molecule has 3 rings (SSSR count). The van der Waals surface area contributed by atoms with Gasteiger partial charge in [0.05, 0.1) is 33.3 Å². The first-order valence-electron chi connectivity index (χ1n) is 8.77. The zero-order chi connectivity index (χ0) is 19.4. The van der Waals surface area contributed by atoms with Crippen LogP contribution in [0.1, 0.15) is 24.4 Å². The highest BCUT2D eigenvalue weighted by Gasteiger charge is 2.42. The Morgan fingerprint density at radius 2 is 1.48 bits per heavy atom. The van der Waals surface area contributed by atoms with E-state index >= 15 is 0 Å². The molecule has 2 atom stereocenters. The second-order valence-corrected chi connectivity index (χ2v) is 6.35. The van der Waals surface area contributed by atoms with Gasteiger partial charge < -0.3 is 19.1 Å². The Balaban J connectivity index is 2.06. The number of hydrogen-bond donors (Lipinski definition) is 0. The van der Waals surface area contributed by atoms with Crippen molar-refractivity contribution in [3.05, 3.63) is 54.1 Å². The van der Waals surface area contributed by atoms with Gasteiger partial charge in [-0.05, 0) is 48.4 Å². The van der Waals surface area contributed by atoms with Gasteiger partial charge in [-0.15, -0.1) is 0 Å². The summed E-state index contributed by atoms with van der Waals surface area (Å²) < 4.78 is 15.5. The third-order valence-electron chi connectivity index (χ3n) is 4.91. The fourth-order valence-electron chi connectivity index (χ4n) is 3.52. The summed E-state index contributed by atoms with van der Waals surface area (Å²) in [7, 11) is 4.57. The van der Waals surface area contributed by atoms with E-state index in [0.29, 0.717) is 24.3 Å². The highest BCUT2D eigenvalue weighted by atomic mass is 16.5. The maximum Gasteiger partial charge on any atom is 0.311 e. The number of rotatable bonds is 5. The van der Waals surface area contributed by atoms with Crippen LogP contribution >= 0.6 is 0 Å². The van der Waals surface area contributed by atoms with Gasteiger partial charge >= 0.3 is 5.97 Å². The fraction of sp³-hybridized carbons (Fsp3) is 0.333. The van der Waals surface area contributed by atoms with E-state index in [1.165, 1.54) is 7.11 Å². The van der Waals surface area contributed by atoms with Gasteiger partial charge in [0.2, 0.25) is 5.91 Å². The average molecular weight is 369 g/mol. The molecule has 2 aromatic carbocycles. The van der Waals surface area contributed by atoms with Crippen molar-refractivity contribution < 1.29 is 23.8 Å². The Bertz CT molecular complexity index is 800. The second-order valence-electron chi connectivity index (χ2n) is 6.35. The summed E-state index contributed by atoms with van der Waals surface area (Å²) in [5.41, 5.74) is 1.57. The predicted octanol–water partition coefficient (Wildman–Crippen LogP) is 3.36. The van der Waals surface area contributed by atoms with Gasteiger partial charge in [0.15, 0.2) is 0 Å². The van der Waals surface area contributed by atoms with Crippen molar-refractivity contribution in [2.75, 3.05) is 26.2 Å². The number of nitrogens with zero attached hydrogens (tertiary/aromatic N) is 1. The summed E-state index contributed by atoms with van der Waals surface area (Å²) in [5, 5.41) is 0. The smallest absolute Gasteiger partial charge is 0.311 e. The van der Waals surface area contributed by atoms with Crippen molar-refractivity contribution >= 4 is 17.6 Å². The Morgan fingerprint density at radius 3 is 2.00 bits per heavy atom. The molecule has 1 aliphatic rings. The lowest BCUT2D eigenvalue weighted by Crippen LogP contribution is -2.45. The second kappa shape index (κ2) is 8.12. The van der Waals surface area contributed by atoms with Crippen LogP contribution in [0.25, 0.3) is 0 Å². The van der Waals surface area contributed by atoms with Gasteiger partial charge in [0, 0.05) is 12.1 Å². The lowest BCUT2D eigenvalue weighted by Gasteiger charge is -2.40. The Morgan fingerprint density at radius 1 is 0.926 bits per heavy atom. The number of benzene rings is 2. The molecule has 1 amide bonds. The first-order valence-corrected chi connectivity index (χ1v) is 8.77. The highest BCUT2D eigenvalue weighted by Crippen LogP contribution is 2.41. The van der Waals surface area contributed by atoms with Crippen LogP contribution in [-0.4, -0.2) is 33.2 Å². The minimum absolute atomic E-state index is 0.0267. The number of methoxy groups -OCH3 is 3. The summed E-state index contributed by atoms with van der Waals surface area (Å²) in [6.45, 7) is 0. The summed E-state index contributed by atoms with van der Waals surface area (Å²) in [6.07, 6.45) is 0.743. The quantitative estimate of drug-likeness (QED) is 0.756.